The molecule has 0 amide bonds. The molecule has 0 aliphatic heterocycles. The average molecular weight is 297 g/mol. The Bertz CT molecular complexity index is 271. The van der Waals surface area contributed by atoms with Crippen molar-refractivity contribution in [3.05, 3.63) is 0 Å². The zero-order valence-corrected chi connectivity index (χ0v) is 15.5. The zero-order chi connectivity index (χ0) is 15.9. The van der Waals surface area contributed by atoms with Gasteiger partial charge >= 0.3 is 0 Å². The number of nitrogens with zero attached hydrogens (tertiary/aromatic N) is 1. The third-order valence-electron chi connectivity index (χ3n) is 5.67. The van der Waals surface area contributed by atoms with E-state index >= 15 is 0 Å². The van der Waals surface area contributed by atoms with Crippen molar-refractivity contribution < 1.29 is 0 Å². The Labute approximate surface area is 134 Å². The Balaban J connectivity index is 2.54. The first kappa shape index (κ1) is 19.0. The van der Waals surface area contributed by atoms with Crippen molar-refractivity contribution in [3.63, 3.8) is 0 Å². The summed E-state index contributed by atoms with van der Waals surface area (Å²) in [7, 11) is 2.37. The molecule has 1 aliphatic carbocycles. The maximum absolute atomic E-state index is 3.72. The summed E-state index contributed by atoms with van der Waals surface area (Å²) in [5, 5.41) is 3.72. The summed E-state index contributed by atoms with van der Waals surface area (Å²) in [5.41, 5.74) is 0.449. The van der Waals surface area contributed by atoms with Crippen LogP contribution in [0.3, 0.4) is 0 Å². The molecule has 1 rings (SSSR count). The van der Waals surface area contributed by atoms with E-state index < -0.39 is 0 Å². The van der Waals surface area contributed by atoms with E-state index in [0.29, 0.717) is 5.41 Å². The molecule has 126 valence electrons. The van der Waals surface area contributed by atoms with Gasteiger partial charge in [-0.15, -0.1) is 0 Å². The first-order valence-electron chi connectivity index (χ1n) is 9.33. The highest BCUT2D eigenvalue weighted by molar-refractivity contribution is 4.86. The molecule has 0 aromatic rings. The lowest BCUT2D eigenvalue weighted by Gasteiger charge is -2.41. The Morgan fingerprint density at radius 1 is 1.19 bits per heavy atom. The largest absolute Gasteiger partial charge is 0.316 e. The highest BCUT2D eigenvalue weighted by Gasteiger charge is 2.31. The van der Waals surface area contributed by atoms with Crippen molar-refractivity contribution in [1.29, 1.82) is 0 Å². The van der Waals surface area contributed by atoms with Crippen molar-refractivity contribution in [2.75, 3.05) is 26.7 Å². The number of nitrogens with one attached hydrogen (secondary N) is 1. The second kappa shape index (κ2) is 9.15. The molecule has 0 bridgehead atoms. The van der Waals surface area contributed by atoms with Crippen LogP contribution in [0, 0.1) is 17.3 Å². The molecule has 0 aromatic carbocycles. The fourth-order valence-corrected chi connectivity index (χ4v) is 3.87. The zero-order valence-electron chi connectivity index (χ0n) is 15.5. The molecule has 0 heterocycles. The molecule has 0 saturated heterocycles. The fraction of sp³-hybridized carbons (Fsp3) is 1.00. The monoisotopic (exact) mass is 296 g/mol. The maximum Gasteiger partial charge on any atom is 0.00949 e. The van der Waals surface area contributed by atoms with Gasteiger partial charge in [0, 0.05) is 19.1 Å². The topological polar surface area (TPSA) is 15.3 Å². The van der Waals surface area contributed by atoms with Crippen LogP contribution >= 0.6 is 0 Å². The Kier molecular flexibility index (Phi) is 8.26. The number of hydrogen-bond donors (Lipinski definition) is 1. The van der Waals surface area contributed by atoms with Crippen LogP contribution in [0.15, 0.2) is 0 Å². The average Bonchev–Trinajstić information content (AvgIpc) is 2.45. The SMILES string of the molecule is CCC(CC)(CNCC(C)C)CN(C)C1CCCC(C)C1. The molecule has 0 spiro atoms. The van der Waals surface area contributed by atoms with Gasteiger partial charge in [-0.1, -0.05) is 47.5 Å². The van der Waals surface area contributed by atoms with E-state index in [-0.39, 0.29) is 0 Å². The molecule has 1 saturated carbocycles. The first-order chi connectivity index (χ1) is 9.92. The molecule has 2 unspecified atom stereocenters. The van der Waals surface area contributed by atoms with Crippen LogP contribution in [0.5, 0.6) is 0 Å². The van der Waals surface area contributed by atoms with Gasteiger partial charge in [-0.05, 0) is 56.5 Å². The van der Waals surface area contributed by atoms with Crippen molar-refractivity contribution in [3.8, 4) is 0 Å². The minimum Gasteiger partial charge on any atom is -0.316 e. The predicted octanol–water partition coefficient (Wildman–Crippen LogP) is 4.55. The standard InChI is InChI=1S/C19H40N2/c1-7-19(8-2,14-20-13-16(3)4)15-21(6)18-11-9-10-17(5)12-18/h16-18,20H,7-15H2,1-6H3. The highest BCUT2D eigenvalue weighted by atomic mass is 15.1. The first-order valence-corrected chi connectivity index (χ1v) is 9.33. The molecule has 2 atom stereocenters. The molecule has 0 radical (unpaired) electrons. The third-order valence-corrected chi connectivity index (χ3v) is 5.67. The third kappa shape index (κ3) is 6.28. The van der Waals surface area contributed by atoms with Crippen LogP contribution in [0.4, 0.5) is 0 Å². The van der Waals surface area contributed by atoms with Gasteiger partial charge < -0.3 is 10.2 Å². The molecule has 2 heteroatoms. The van der Waals surface area contributed by atoms with Crippen LogP contribution in [-0.4, -0.2) is 37.6 Å². The molecular formula is C19H40N2. The van der Waals surface area contributed by atoms with Gasteiger partial charge in [-0.25, -0.2) is 0 Å². The second-order valence-electron chi connectivity index (χ2n) is 8.07. The van der Waals surface area contributed by atoms with Gasteiger partial charge in [-0.3, -0.25) is 0 Å². The number of rotatable bonds is 9. The number of hydrogen-bond acceptors (Lipinski definition) is 2. The van der Waals surface area contributed by atoms with E-state index in [0.717, 1.165) is 24.4 Å². The van der Waals surface area contributed by atoms with Gasteiger partial charge in [0.05, 0.1) is 0 Å². The van der Waals surface area contributed by atoms with Crippen molar-refractivity contribution in [1.82, 2.24) is 10.2 Å². The van der Waals surface area contributed by atoms with Crippen molar-refractivity contribution >= 4 is 0 Å². The van der Waals surface area contributed by atoms with Crippen LogP contribution in [0.2, 0.25) is 0 Å². The molecule has 2 nitrogen and oxygen atoms in total. The smallest absolute Gasteiger partial charge is 0.00949 e. The van der Waals surface area contributed by atoms with E-state index in [1.807, 2.05) is 0 Å². The van der Waals surface area contributed by atoms with E-state index in [2.05, 4.69) is 51.9 Å². The molecule has 1 aliphatic rings. The Hall–Kier alpha value is -0.0800. The van der Waals surface area contributed by atoms with Crippen LogP contribution in [-0.2, 0) is 0 Å². The van der Waals surface area contributed by atoms with Crippen molar-refractivity contribution in [2.24, 2.45) is 17.3 Å². The summed E-state index contributed by atoms with van der Waals surface area (Å²) >= 11 is 0. The molecule has 1 N–H and O–H groups in total. The lowest BCUT2D eigenvalue weighted by molar-refractivity contribution is 0.0914. The van der Waals surface area contributed by atoms with Gasteiger partial charge in [-0.2, -0.15) is 0 Å². The normalized spacial score (nSPS) is 24.0. The van der Waals surface area contributed by atoms with E-state index in [1.54, 1.807) is 0 Å². The summed E-state index contributed by atoms with van der Waals surface area (Å²) in [6.07, 6.45) is 8.23. The van der Waals surface area contributed by atoms with Crippen LogP contribution < -0.4 is 5.32 Å². The molecule has 21 heavy (non-hydrogen) atoms. The second-order valence-corrected chi connectivity index (χ2v) is 8.07. The summed E-state index contributed by atoms with van der Waals surface area (Å²) in [6, 6.07) is 0.816. The molecule has 0 aromatic heterocycles. The van der Waals surface area contributed by atoms with E-state index in [9.17, 15) is 0 Å². The summed E-state index contributed by atoms with van der Waals surface area (Å²) in [4.78, 5) is 2.68. The van der Waals surface area contributed by atoms with E-state index in [4.69, 9.17) is 0 Å². The quantitative estimate of drug-likeness (QED) is 0.671. The van der Waals surface area contributed by atoms with E-state index in [1.165, 1.54) is 51.6 Å². The van der Waals surface area contributed by atoms with Gasteiger partial charge in [0.1, 0.15) is 0 Å². The molecular weight excluding hydrogens is 256 g/mol. The maximum atomic E-state index is 3.72. The summed E-state index contributed by atoms with van der Waals surface area (Å²) in [5.74, 6) is 1.66. The van der Waals surface area contributed by atoms with Gasteiger partial charge in [0.15, 0.2) is 0 Å². The van der Waals surface area contributed by atoms with Gasteiger partial charge in [0.2, 0.25) is 0 Å². The van der Waals surface area contributed by atoms with Crippen LogP contribution in [0.25, 0.3) is 0 Å². The lowest BCUT2D eigenvalue weighted by Crippen LogP contribution is -2.47. The summed E-state index contributed by atoms with van der Waals surface area (Å²) in [6.45, 7) is 15.3. The van der Waals surface area contributed by atoms with Gasteiger partial charge in [0.25, 0.3) is 0 Å². The minimum absolute atomic E-state index is 0.449. The molecule has 1 fully saturated rings. The highest BCUT2D eigenvalue weighted by Crippen LogP contribution is 2.31. The Morgan fingerprint density at radius 3 is 2.38 bits per heavy atom. The fourth-order valence-electron chi connectivity index (χ4n) is 3.87. The summed E-state index contributed by atoms with van der Waals surface area (Å²) < 4.78 is 0. The Morgan fingerprint density at radius 2 is 1.86 bits per heavy atom. The lowest BCUT2D eigenvalue weighted by atomic mass is 9.80. The van der Waals surface area contributed by atoms with Crippen molar-refractivity contribution in [2.45, 2.75) is 79.2 Å². The minimum atomic E-state index is 0.449. The van der Waals surface area contributed by atoms with Crippen LogP contribution in [0.1, 0.15) is 73.1 Å². The predicted molar refractivity (Wildman–Crippen MR) is 94.8 cm³/mol.